The van der Waals surface area contributed by atoms with Crippen LogP contribution in [0, 0.1) is 11.8 Å². The van der Waals surface area contributed by atoms with Crippen LogP contribution in [0.15, 0.2) is 23.0 Å². The summed E-state index contributed by atoms with van der Waals surface area (Å²) in [5.41, 5.74) is 3.20. The maximum Gasteiger partial charge on any atom is 0.255 e. The molecule has 36 heavy (non-hydrogen) atoms. The van der Waals surface area contributed by atoms with Crippen LogP contribution in [-0.2, 0) is 27.3 Å². The predicted octanol–water partition coefficient (Wildman–Crippen LogP) is 0.938. The fourth-order valence-corrected chi connectivity index (χ4v) is 5.60. The minimum absolute atomic E-state index is 0.0121. The number of alkyl halides is 1. The molecule has 1 saturated carbocycles. The molecule has 1 amide bonds. The van der Waals surface area contributed by atoms with Crippen molar-refractivity contribution in [2.75, 3.05) is 25.7 Å². The summed E-state index contributed by atoms with van der Waals surface area (Å²) in [5.74, 6) is -6.66. The number of fused-ring (bicyclic) bond motifs is 3. The lowest BCUT2D eigenvalue weighted by Gasteiger charge is -2.46. The quantitative estimate of drug-likeness (QED) is 0.309. The average Bonchev–Trinajstić information content (AvgIpc) is 2.80. The van der Waals surface area contributed by atoms with Crippen LogP contribution in [0.4, 0.5) is 10.1 Å². The third kappa shape index (κ3) is 3.65. The van der Waals surface area contributed by atoms with Gasteiger partial charge in [-0.3, -0.25) is 14.4 Å². The number of nitrogens with zero attached hydrogens (tertiary/aromatic N) is 1. The van der Waals surface area contributed by atoms with Gasteiger partial charge in [-0.15, -0.1) is 0 Å². The number of aromatic hydroxyl groups is 1. The Morgan fingerprint density at radius 3 is 2.53 bits per heavy atom. The lowest BCUT2D eigenvalue weighted by atomic mass is 9.59. The number of nitrogens with one attached hydrogen (secondary N) is 1. The van der Waals surface area contributed by atoms with Crippen molar-refractivity contribution >= 4 is 28.9 Å². The molecule has 1 fully saturated rings. The molecule has 4 rings (SSSR count). The van der Waals surface area contributed by atoms with Crippen LogP contribution in [-0.4, -0.2) is 70.3 Å². The van der Waals surface area contributed by atoms with Crippen molar-refractivity contribution < 1.29 is 39.2 Å². The van der Waals surface area contributed by atoms with Crippen LogP contribution in [0.5, 0.6) is 5.75 Å². The monoisotopic (exact) mass is 503 g/mol. The number of ketones is 2. The number of nitrogens with two attached hydrogens (primary N) is 1. The molecule has 0 aromatic heterocycles. The first-order chi connectivity index (χ1) is 16.8. The van der Waals surface area contributed by atoms with Gasteiger partial charge < -0.3 is 36.4 Å². The first-order valence-corrected chi connectivity index (χ1v) is 11.7. The molecule has 10 nitrogen and oxygen atoms in total. The highest BCUT2D eigenvalue weighted by molar-refractivity contribution is 6.22. The van der Waals surface area contributed by atoms with E-state index in [1.165, 1.54) is 0 Å². The number of carbonyl (C=O) groups excluding carboxylic acids is 3. The molecule has 0 heterocycles. The van der Waals surface area contributed by atoms with Crippen molar-refractivity contribution in [3.05, 3.63) is 39.7 Å². The molecule has 4 atom stereocenters. The van der Waals surface area contributed by atoms with Gasteiger partial charge in [0.05, 0.1) is 5.56 Å². The summed E-state index contributed by atoms with van der Waals surface area (Å²) < 4.78 is 13.0. The molecule has 4 unspecified atom stereocenters. The van der Waals surface area contributed by atoms with Crippen LogP contribution in [0.25, 0.3) is 5.76 Å². The van der Waals surface area contributed by atoms with Crippen molar-refractivity contribution in [2.45, 2.75) is 44.4 Å². The summed E-state index contributed by atoms with van der Waals surface area (Å²) in [6.07, 6.45) is -0.0942. The van der Waals surface area contributed by atoms with Crippen LogP contribution >= 0.6 is 0 Å². The Labute approximate surface area is 206 Å². The van der Waals surface area contributed by atoms with Gasteiger partial charge in [-0.05, 0) is 37.3 Å². The SMILES string of the molecule is CC(CF)NCc1cc(N(C)C)c2c(c1O)C(O)=C1C(=O)C3(O)C(O)=C(C(N)=O)C(=O)CC3CC1C2. The van der Waals surface area contributed by atoms with E-state index in [0.717, 1.165) is 0 Å². The van der Waals surface area contributed by atoms with Gasteiger partial charge in [0.25, 0.3) is 5.91 Å². The van der Waals surface area contributed by atoms with Gasteiger partial charge in [0.15, 0.2) is 11.4 Å². The Bertz CT molecular complexity index is 1240. The maximum absolute atomic E-state index is 13.6. The number of phenols is 1. The predicted molar refractivity (Wildman–Crippen MR) is 128 cm³/mol. The molecule has 1 aromatic rings. The number of benzene rings is 1. The smallest absolute Gasteiger partial charge is 0.255 e. The molecule has 3 aliphatic rings. The number of hydrogen-bond acceptors (Lipinski definition) is 9. The lowest BCUT2D eigenvalue weighted by molar-refractivity contribution is -0.147. The van der Waals surface area contributed by atoms with Gasteiger partial charge >= 0.3 is 0 Å². The van der Waals surface area contributed by atoms with Crippen molar-refractivity contribution in [2.24, 2.45) is 17.6 Å². The third-order valence-corrected chi connectivity index (χ3v) is 7.47. The third-order valence-electron chi connectivity index (χ3n) is 7.47. The van der Waals surface area contributed by atoms with Gasteiger partial charge in [0.1, 0.15) is 29.5 Å². The van der Waals surface area contributed by atoms with E-state index < -0.39 is 64.7 Å². The summed E-state index contributed by atoms with van der Waals surface area (Å²) in [6.45, 7) is 1.11. The summed E-state index contributed by atoms with van der Waals surface area (Å²) >= 11 is 0. The number of aliphatic hydroxyl groups is 3. The zero-order valence-corrected chi connectivity index (χ0v) is 20.3. The van der Waals surface area contributed by atoms with E-state index in [1.54, 1.807) is 32.0 Å². The summed E-state index contributed by atoms with van der Waals surface area (Å²) in [5, 5.41) is 47.3. The molecule has 11 heteroatoms. The molecule has 0 aliphatic heterocycles. The number of aliphatic hydroxyl groups excluding tert-OH is 2. The van der Waals surface area contributed by atoms with E-state index in [4.69, 9.17) is 5.73 Å². The summed E-state index contributed by atoms with van der Waals surface area (Å²) in [4.78, 5) is 39.6. The standard InChI is InChI=1S/C25H30FN3O7/c1-10(8-26)28-9-12-6-15(29(2)3)14-5-11-4-13-7-16(30)19(24(27)35)23(34)25(13,36)22(33)17(11)21(32)18(14)20(12)31/h6,10-11,13,28,31-32,34,36H,4-5,7-9H2,1-3H3,(H2,27,35). The second-order valence-electron chi connectivity index (χ2n) is 9.99. The molecule has 7 N–H and O–H groups in total. The fraction of sp³-hybridized carbons (Fsp3) is 0.480. The topological polar surface area (TPSA) is 173 Å². The van der Waals surface area contributed by atoms with E-state index in [1.807, 2.05) is 0 Å². The molecule has 0 saturated heterocycles. The maximum atomic E-state index is 13.6. The Morgan fingerprint density at radius 1 is 1.28 bits per heavy atom. The number of amides is 1. The molecular weight excluding hydrogens is 473 g/mol. The van der Waals surface area contributed by atoms with E-state index in [0.29, 0.717) is 16.8 Å². The van der Waals surface area contributed by atoms with Crippen molar-refractivity contribution in [1.29, 1.82) is 0 Å². The number of hydrogen-bond donors (Lipinski definition) is 6. The van der Waals surface area contributed by atoms with Crippen LogP contribution in [0.2, 0.25) is 0 Å². The largest absolute Gasteiger partial charge is 0.508 e. The Balaban J connectivity index is 1.90. The average molecular weight is 504 g/mol. The van der Waals surface area contributed by atoms with Gasteiger partial charge in [-0.25, -0.2) is 4.39 Å². The van der Waals surface area contributed by atoms with E-state index in [-0.39, 0.29) is 42.7 Å². The van der Waals surface area contributed by atoms with Crippen molar-refractivity contribution in [3.63, 3.8) is 0 Å². The first-order valence-electron chi connectivity index (χ1n) is 11.7. The minimum Gasteiger partial charge on any atom is -0.508 e. The minimum atomic E-state index is -2.61. The Kier molecular flexibility index (Phi) is 6.34. The zero-order valence-electron chi connectivity index (χ0n) is 20.3. The lowest BCUT2D eigenvalue weighted by Crippen LogP contribution is -2.58. The van der Waals surface area contributed by atoms with E-state index in [2.05, 4.69) is 5.32 Å². The van der Waals surface area contributed by atoms with E-state index >= 15 is 0 Å². The number of carbonyl (C=O) groups is 3. The van der Waals surface area contributed by atoms with Gasteiger partial charge in [-0.1, -0.05) is 0 Å². The second-order valence-corrected chi connectivity index (χ2v) is 9.99. The Morgan fingerprint density at radius 2 is 1.94 bits per heavy atom. The van der Waals surface area contributed by atoms with Gasteiger partial charge in [0, 0.05) is 55.8 Å². The molecule has 0 bridgehead atoms. The molecule has 0 radical (unpaired) electrons. The summed E-state index contributed by atoms with van der Waals surface area (Å²) in [6, 6.07) is 1.25. The summed E-state index contributed by atoms with van der Waals surface area (Å²) in [7, 11) is 3.56. The number of phenolic OH excluding ortho intramolecular Hbond substituents is 1. The normalized spacial score (nSPS) is 26.4. The number of primary amides is 1. The second kappa shape index (κ2) is 8.90. The highest BCUT2D eigenvalue weighted by Gasteiger charge is 2.60. The Hall–Kier alpha value is -3.44. The number of Topliss-reactive ketones (excluding diaryl/α,β-unsaturated/α-hetero) is 2. The molecule has 194 valence electrons. The number of anilines is 1. The van der Waals surface area contributed by atoms with Crippen LogP contribution in [0.1, 0.15) is 36.5 Å². The molecule has 0 spiro atoms. The fourth-order valence-electron chi connectivity index (χ4n) is 5.60. The van der Waals surface area contributed by atoms with E-state index in [9.17, 15) is 39.2 Å². The number of rotatable bonds is 6. The van der Waals surface area contributed by atoms with Crippen molar-refractivity contribution in [3.8, 4) is 5.75 Å². The first kappa shape index (κ1) is 25.6. The van der Waals surface area contributed by atoms with Crippen molar-refractivity contribution in [1.82, 2.24) is 5.32 Å². The highest BCUT2D eigenvalue weighted by Crippen LogP contribution is 2.53. The van der Waals surface area contributed by atoms with Crippen LogP contribution < -0.4 is 16.0 Å². The van der Waals surface area contributed by atoms with Crippen LogP contribution in [0.3, 0.4) is 0 Å². The van der Waals surface area contributed by atoms with Gasteiger partial charge in [-0.2, -0.15) is 0 Å². The highest BCUT2D eigenvalue weighted by atomic mass is 19.1. The molecule has 1 aromatic carbocycles. The van der Waals surface area contributed by atoms with Gasteiger partial charge in [0.2, 0.25) is 5.78 Å². The number of halogens is 1. The zero-order chi connectivity index (χ0) is 26.7. The molecular formula is C25H30FN3O7. The molecule has 3 aliphatic carbocycles.